The summed E-state index contributed by atoms with van der Waals surface area (Å²) in [6, 6.07) is 6.89. The van der Waals surface area contributed by atoms with Crippen LogP contribution in [0, 0.1) is 0 Å². The molecule has 9 nitrogen and oxygen atoms in total. The standard InChI is InChI=1S/C22H24N4O5/c1-4-9-26-17(14-5-7-15(30-3)8-6-14)11-25-10-16(23-20(25)22(26)29)21(28)24(2)18-12-31-13-19(18)27/h4-8,10-11,18-19,27H,1,9,12-13H2,2-3H3/t18-,19-/m1/s1. The Kier molecular flexibility index (Phi) is 5.62. The maximum absolute atomic E-state index is 13.2. The van der Waals surface area contributed by atoms with Gasteiger partial charge < -0.3 is 19.5 Å². The van der Waals surface area contributed by atoms with Crippen molar-refractivity contribution >= 4 is 11.6 Å². The van der Waals surface area contributed by atoms with Crippen molar-refractivity contribution in [3.8, 4) is 17.0 Å². The molecule has 1 amide bonds. The molecule has 1 aliphatic rings. The highest BCUT2D eigenvalue weighted by atomic mass is 16.5. The summed E-state index contributed by atoms with van der Waals surface area (Å²) in [5.41, 5.74) is 1.39. The average molecular weight is 424 g/mol. The van der Waals surface area contributed by atoms with Crippen LogP contribution in [0.25, 0.3) is 16.9 Å². The molecule has 9 heteroatoms. The predicted molar refractivity (Wildman–Crippen MR) is 114 cm³/mol. The molecule has 1 aliphatic heterocycles. The molecule has 0 saturated carbocycles. The Hall–Kier alpha value is -3.43. The van der Waals surface area contributed by atoms with Gasteiger partial charge in [0.1, 0.15) is 11.4 Å². The van der Waals surface area contributed by atoms with Crippen LogP contribution in [0.2, 0.25) is 0 Å². The van der Waals surface area contributed by atoms with E-state index in [9.17, 15) is 14.7 Å². The minimum absolute atomic E-state index is 0.121. The third-order valence-corrected chi connectivity index (χ3v) is 5.48. The Morgan fingerprint density at radius 2 is 2.10 bits per heavy atom. The Bertz CT molecular complexity index is 1180. The fraction of sp³-hybridized carbons (Fsp3) is 0.318. The lowest BCUT2D eigenvalue weighted by atomic mass is 10.1. The molecule has 3 aromatic rings. The van der Waals surface area contributed by atoms with E-state index in [1.54, 1.807) is 35.4 Å². The number of nitrogens with zero attached hydrogens (tertiary/aromatic N) is 4. The van der Waals surface area contributed by atoms with Gasteiger partial charge in [0.05, 0.1) is 38.2 Å². The predicted octanol–water partition coefficient (Wildman–Crippen LogP) is 1.19. The highest BCUT2D eigenvalue weighted by Gasteiger charge is 2.33. The van der Waals surface area contributed by atoms with E-state index in [0.717, 1.165) is 5.56 Å². The lowest BCUT2D eigenvalue weighted by molar-refractivity contribution is 0.0576. The second-order valence-electron chi connectivity index (χ2n) is 7.39. The summed E-state index contributed by atoms with van der Waals surface area (Å²) < 4.78 is 13.6. The lowest BCUT2D eigenvalue weighted by Crippen LogP contribution is -2.44. The molecule has 1 fully saturated rings. The first-order valence-electron chi connectivity index (χ1n) is 9.85. The molecule has 1 saturated heterocycles. The number of aromatic nitrogens is 3. The first kappa shape index (κ1) is 20.8. The Balaban J connectivity index is 1.78. The van der Waals surface area contributed by atoms with Gasteiger partial charge in [-0.15, -0.1) is 6.58 Å². The van der Waals surface area contributed by atoms with Gasteiger partial charge in [-0.25, -0.2) is 4.98 Å². The van der Waals surface area contributed by atoms with Crippen LogP contribution in [-0.2, 0) is 11.3 Å². The van der Waals surface area contributed by atoms with E-state index in [2.05, 4.69) is 11.6 Å². The maximum Gasteiger partial charge on any atom is 0.295 e. The van der Waals surface area contributed by atoms with Crippen LogP contribution in [0.15, 0.2) is 54.1 Å². The van der Waals surface area contributed by atoms with Crippen LogP contribution in [0.4, 0.5) is 0 Å². The smallest absolute Gasteiger partial charge is 0.295 e. The summed E-state index contributed by atoms with van der Waals surface area (Å²) in [6.45, 7) is 4.47. The number of aliphatic hydroxyl groups excluding tert-OH is 1. The Labute approximate surface area is 178 Å². The number of allylic oxidation sites excluding steroid dienone is 1. The number of rotatable bonds is 6. The molecule has 162 valence electrons. The van der Waals surface area contributed by atoms with E-state index < -0.39 is 12.1 Å². The van der Waals surface area contributed by atoms with Crippen molar-refractivity contribution in [3.63, 3.8) is 0 Å². The molecule has 4 rings (SSSR count). The maximum atomic E-state index is 13.2. The van der Waals surface area contributed by atoms with Gasteiger partial charge in [-0.2, -0.15) is 0 Å². The fourth-order valence-electron chi connectivity index (χ4n) is 3.72. The van der Waals surface area contributed by atoms with E-state index in [-0.39, 0.29) is 36.0 Å². The third kappa shape index (κ3) is 3.73. The zero-order valence-electron chi connectivity index (χ0n) is 17.4. The van der Waals surface area contributed by atoms with Gasteiger partial charge >= 0.3 is 0 Å². The van der Waals surface area contributed by atoms with Crippen molar-refractivity contribution in [1.29, 1.82) is 0 Å². The first-order chi connectivity index (χ1) is 14.9. The summed E-state index contributed by atoms with van der Waals surface area (Å²) in [5.74, 6) is 0.318. The van der Waals surface area contributed by atoms with Crippen LogP contribution in [0.3, 0.4) is 0 Å². The van der Waals surface area contributed by atoms with E-state index in [1.807, 2.05) is 24.3 Å². The molecule has 0 radical (unpaired) electrons. The summed E-state index contributed by atoms with van der Waals surface area (Å²) in [5, 5.41) is 10.0. The molecule has 0 spiro atoms. The van der Waals surface area contributed by atoms with Crippen LogP contribution < -0.4 is 10.3 Å². The highest BCUT2D eigenvalue weighted by molar-refractivity contribution is 5.93. The molecule has 2 aromatic heterocycles. The number of hydrogen-bond donors (Lipinski definition) is 1. The Morgan fingerprint density at radius 1 is 1.35 bits per heavy atom. The molecular weight excluding hydrogens is 400 g/mol. The summed E-state index contributed by atoms with van der Waals surface area (Å²) in [6.07, 6.45) is 4.18. The fourth-order valence-corrected chi connectivity index (χ4v) is 3.72. The van der Waals surface area contributed by atoms with Gasteiger partial charge in [-0.3, -0.25) is 18.6 Å². The van der Waals surface area contributed by atoms with Crippen LogP contribution in [0.5, 0.6) is 5.75 Å². The van der Waals surface area contributed by atoms with E-state index in [4.69, 9.17) is 9.47 Å². The Morgan fingerprint density at radius 3 is 2.71 bits per heavy atom. The first-order valence-corrected chi connectivity index (χ1v) is 9.85. The van der Waals surface area contributed by atoms with Crippen LogP contribution in [-0.4, -0.2) is 69.4 Å². The molecule has 1 N–H and O–H groups in total. The number of hydrogen-bond acceptors (Lipinski definition) is 6. The molecule has 31 heavy (non-hydrogen) atoms. The van der Waals surface area contributed by atoms with E-state index in [0.29, 0.717) is 18.0 Å². The average Bonchev–Trinajstić information content (AvgIpc) is 3.41. The molecule has 0 unspecified atom stereocenters. The minimum Gasteiger partial charge on any atom is -0.497 e. The number of likely N-dealkylation sites (N-methyl/N-ethyl adjacent to an activating group) is 1. The van der Waals surface area contributed by atoms with Crippen molar-refractivity contribution in [3.05, 3.63) is 65.4 Å². The number of fused-ring (bicyclic) bond motifs is 1. The number of methoxy groups -OCH3 is 1. The number of amides is 1. The monoisotopic (exact) mass is 424 g/mol. The van der Waals surface area contributed by atoms with Crippen molar-refractivity contribution in [1.82, 2.24) is 18.9 Å². The van der Waals surface area contributed by atoms with Gasteiger partial charge in [-0.1, -0.05) is 6.08 Å². The number of carbonyl (C=O) groups excluding carboxylic acids is 1. The van der Waals surface area contributed by atoms with Crippen molar-refractivity contribution < 1.29 is 19.4 Å². The van der Waals surface area contributed by atoms with Crippen LogP contribution in [0.1, 0.15) is 10.5 Å². The van der Waals surface area contributed by atoms with Crippen molar-refractivity contribution in [2.45, 2.75) is 18.7 Å². The summed E-state index contributed by atoms with van der Waals surface area (Å²) in [4.78, 5) is 31.8. The molecule has 0 aliphatic carbocycles. The second kappa shape index (κ2) is 8.37. The third-order valence-electron chi connectivity index (χ3n) is 5.48. The molecular formula is C22H24N4O5. The molecule has 1 aromatic carbocycles. The van der Waals surface area contributed by atoms with E-state index in [1.165, 1.54) is 11.1 Å². The number of aliphatic hydroxyl groups is 1. The van der Waals surface area contributed by atoms with Crippen molar-refractivity contribution in [2.75, 3.05) is 27.4 Å². The van der Waals surface area contributed by atoms with E-state index >= 15 is 0 Å². The van der Waals surface area contributed by atoms with Gasteiger partial charge in [0.25, 0.3) is 11.5 Å². The zero-order chi connectivity index (χ0) is 22.1. The van der Waals surface area contributed by atoms with Gasteiger partial charge in [0, 0.05) is 31.5 Å². The SMILES string of the molecule is C=CCn1c(-c2ccc(OC)cc2)cn2cc(C(=O)N(C)[C@@H]3COC[C@H]3O)nc2c1=O. The van der Waals surface area contributed by atoms with Gasteiger partial charge in [0.2, 0.25) is 5.65 Å². The molecule has 0 bridgehead atoms. The van der Waals surface area contributed by atoms with Crippen LogP contribution >= 0.6 is 0 Å². The van der Waals surface area contributed by atoms with Gasteiger partial charge in [0.15, 0.2) is 0 Å². The quantitative estimate of drug-likeness (QED) is 0.597. The zero-order valence-corrected chi connectivity index (χ0v) is 17.4. The van der Waals surface area contributed by atoms with Crippen molar-refractivity contribution in [2.24, 2.45) is 0 Å². The second-order valence-corrected chi connectivity index (χ2v) is 7.39. The highest BCUT2D eigenvalue weighted by Crippen LogP contribution is 2.23. The number of benzene rings is 1. The largest absolute Gasteiger partial charge is 0.497 e. The number of imidazole rings is 1. The lowest BCUT2D eigenvalue weighted by Gasteiger charge is -2.24. The molecule has 2 atom stereocenters. The molecule has 3 heterocycles. The topological polar surface area (TPSA) is 98.3 Å². The minimum atomic E-state index is -0.752. The summed E-state index contributed by atoms with van der Waals surface area (Å²) >= 11 is 0. The van der Waals surface area contributed by atoms with Gasteiger partial charge in [-0.05, 0) is 24.3 Å². The summed E-state index contributed by atoms with van der Waals surface area (Å²) in [7, 11) is 3.18. The number of carbonyl (C=O) groups is 1. The normalized spacial score (nSPS) is 18.3. The number of ether oxygens (including phenoxy) is 2.